The van der Waals surface area contributed by atoms with E-state index in [1.165, 1.54) is 6.07 Å². The number of benzene rings is 1. The lowest BCUT2D eigenvalue weighted by Crippen LogP contribution is -2.34. The molecule has 0 aromatic heterocycles. The normalized spacial score (nSPS) is 14.8. The van der Waals surface area contributed by atoms with E-state index in [9.17, 15) is 14.0 Å². The summed E-state index contributed by atoms with van der Waals surface area (Å²) >= 11 is 9.06. The zero-order valence-electron chi connectivity index (χ0n) is 9.99. The van der Waals surface area contributed by atoms with Gasteiger partial charge < -0.3 is 10.4 Å². The van der Waals surface area contributed by atoms with Crippen LogP contribution in [-0.2, 0) is 9.59 Å². The molecule has 2 rings (SSSR count). The summed E-state index contributed by atoms with van der Waals surface area (Å²) < 4.78 is 13.6. The summed E-state index contributed by atoms with van der Waals surface area (Å²) in [4.78, 5) is 24.3. The Morgan fingerprint density at radius 1 is 1.40 bits per heavy atom. The zero-order valence-corrected chi connectivity index (χ0v) is 12.3. The van der Waals surface area contributed by atoms with Crippen molar-refractivity contribution in [3.8, 4) is 0 Å². The van der Waals surface area contributed by atoms with E-state index in [0.29, 0.717) is 4.47 Å². The number of aliphatic hydroxyl groups is 1. The SMILES string of the molecule is O=C1C=C(Nc2cc(F)cc(Br)c2Cl)C(=O)N1CCO. The third kappa shape index (κ3) is 2.84. The molecule has 0 bridgehead atoms. The van der Waals surface area contributed by atoms with Crippen LogP contribution in [0.2, 0.25) is 5.02 Å². The smallest absolute Gasteiger partial charge is 0.277 e. The Bertz CT molecular complexity index is 621. The average molecular weight is 364 g/mol. The zero-order chi connectivity index (χ0) is 14.9. The molecule has 0 radical (unpaired) electrons. The highest BCUT2D eigenvalue weighted by molar-refractivity contribution is 9.10. The third-order valence-corrected chi connectivity index (χ3v) is 3.86. The van der Waals surface area contributed by atoms with Gasteiger partial charge in [-0.05, 0) is 28.1 Å². The van der Waals surface area contributed by atoms with E-state index < -0.39 is 17.6 Å². The number of carbonyl (C=O) groups excluding carboxylic acids is 2. The second-order valence-corrected chi connectivity index (χ2v) is 5.18. The molecule has 1 aromatic carbocycles. The molecule has 0 fully saturated rings. The Labute approximate surface area is 127 Å². The van der Waals surface area contributed by atoms with Gasteiger partial charge in [-0.2, -0.15) is 0 Å². The van der Waals surface area contributed by atoms with Crippen molar-refractivity contribution in [2.24, 2.45) is 0 Å². The molecular formula is C12H9BrClFN2O3. The number of imide groups is 1. The fraction of sp³-hybridized carbons (Fsp3) is 0.167. The maximum atomic E-state index is 13.3. The summed E-state index contributed by atoms with van der Waals surface area (Å²) in [6, 6.07) is 2.29. The van der Waals surface area contributed by atoms with Gasteiger partial charge in [0, 0.05) is 10.5 Å². The van der Waals surface area contributed by atoms with Crippen molar-refractivity contribution < 1.29 is 19.1 Å². The molecule has 0 spiro atoms. The van der Waals surface area contributed by atoms with Crippen LogP contribution in [0.25, 0.3) is 0 Å². The van der Waals surface area contributed by atoms with Crippen LogP contribution in [0.1, 0.15) is 0 Å². The predicted octanol–water partition coefficient (Wildman–Crippen LogP) is 1.90. The van der Waals surface area contributed by atoms with E-state index in [4.69, 9.17) is 16.7 Å². The molecule has 8 heteroatoms. The van der Waals surface area contributed by atoms with Gasteiger partial charge in [0.1, 0.15) is 11.5 Å². The van der Waals surface area contributed by atoms with E-state index in [1.54, 1.807) is 0 Å². The number of amides is 2. The van der Waals surface area contributed by atoms with E-state index in [1.807, 2.05) is 0 Å². The molecule has 0 aliphatic carbocycles. The molecule has 1 aliphatic heterocycles. The number of carbonyl (C=O) groups is 2. The first-order chi connectivity index (χ1) is 9.43. The number of hydrogen-bond donors (Lipinski definition) is 2. The predicted molar refractivity (Wildman–Crippen MR) is 74.6 cm³/mol. The highest BCUT2D eigenvalue weighted by Crippen LogP contribution is 2.32. The number of aliphatic hydroxyl groups excluding tert-OH is 1. The van der Waals surface area contributed by atoms with Gasteiger partial charge in [0.05, 0.1) is 23.9 Å². The lowest BCUT2D eigenvalue weighted by molar-refractivity contribution is -0.137. The molecule has 1 aromatic rings. The minimum absolute atomic E-state index is 0.0251. The molecule has 1 aliphatic rings. The Kier molecular flexibility index (Phi) is 4.42. The van der Waals surface area contributed by atoms with Crippen molar-refractivity contribution in [3.05, 3.63) is 39.2 Å². The second-order valence-electron chi connectivity index (χ2n) is 3.95. The van der Waals surface area contributed by atoms with Gasteiger partial charge in [-0.15, -0.1) is 0 Å². The van der Waals surface area contributed by atoms with Crippen LogP contribution < -0.4 is 5.32 Å². The molecular weight excluding hydrogens is 354 g/mol. The van der Waals surface area contributed by atoms with Crippen LogP contribution in [-0.4, -0.2) is 35.0 Å². The van der Waals surface area contributed by atoms with Crippen LogP contribution in [0.5, 0.6) is 0 Å². The van der Waals surface area contributed by atoms with Gasteiger partial charge in [0.2, 0.25) is 0 Å². The minimum atomic E-state index is -0.597. The molecule has 0 unspecified atom stereocenters. The fourth-order valence-electron chi connectivity index (χ4n) is 1.70. The molecule has 2 amide bonds. The highest BCUT2D eigenvalue weighted by Gasteiger charge is 2.31. The van der Waals surface area contributed by atoms with E-state index >= 15 is 0 Å². The van der Waals surface area contributed by atoms with Crippen molar-refractivity contribution >= 4 is 45.0 Å². The summed E-state index contributed by atoms with van der Waals surface area (Å²) in [5, 5.41) is 11.6. The number of nitrogens with zero attached hydrogens (tertiary/aromatic N) is 1. The number of anilines is 1. The van der Waals surface area contributed by atoms with Crippen molar-refractivity contribution in [1.82, 2.24) is 4.90 Å². The van der Waals surface area contributed by atoms with Crippen molar-refractivity contribution in [1.29, 1.82) is 0 Å². The highest BCUT2D eigenvalue weighted by atomic mass is 79.9. The van der Waals surface area contributed by atoms with E-state index in [-0.39, 0.29) is 29.6 Å². The summed E-state index contributed by atoms with van der Waals surface area (Å²) in [5.41, 5.74) is 0.139. The Morgan fingerprint density at radius 2 is 2.10 bits per heavy atom. The van der Waals surface area contributed by atoms with Gasteiger partial charge in [-0.25, -0.2) is 4.39 Å². The molecule has 106 valence electrons. The van der Waals surface area contributed by atoms with Gasteiger partial charge >= 0.3 is 0 Å². The van der Waals surface area contributed by atoms with E-state index in [2.05, 4.69) is 21.2 Å². The van der Waals surface area contributed by atoms with Crippen LogP contribution in [0.15, 0.2) is 28.4 Å². The number of rotatable bonds is 4. The second kappa shape index (κ2) is 5.90. The van der Waals surface area contributed by atoms with Gasteiger partial charge in [0.15, 0.2) is 0 Å². The number of hydrogen-bond acceptors (Lipinski definition) is 4. The maximum Gasteiger partial charge on any atom is 0.277 e. The molecule has 0 saturated carbocycles. The van der Waals surface area contributed by atoms with Crippen LogP contribution in [0.3, 0.4) is 0 Å². The molecule has 20 heavy (non-hydrogen) atoms. The fourth-order valence-corrected chi connectivity index (χ4v) is 2.29. The average Bonchev–Trinajstić information content (AvgIpc) is 2.63. The monoisotopic (exact) mass is 362 g/mol. The lowest BCUT2D eigenvalue weighted by atomic mass is 10.3. The standard InChI is InChI=1S/C12H9BrClFN2O3/c13-7-3-6(15)4-8(11(7)14)16-9-5-10(19)17(1-2-18)12(9)20/h3-5,16,18H,1-2H2. The van der Waals surface area contributed by atoms with Crippen molar-refractivity contribution in [3.63, 3.8) is 0 Å². The quantitative estimate of drug-likeness (QED) is 0.633. The largest absolute Gasteiger partial charge is 0.395 e. The number of nitrogens with one attached hydrogen (secondary N) is 1. The summed E-state index contributed by atoms with van der Waals surface area (Å²) in [7, 11) is 0. The van der Waals surface area contributed by atoms with Crippen LogP contribution >= 0.6 is 27.5 Å². The summed E-state index contributed by atoms with van der Waals surface area (Å²) in [6.07, 6.45) is 1.08. The molecule has 0 saturated heterocycles. The Balaban J connectivity index is 2.26. The minimum Gasteiger partial charge on any atom is -0.395 e. The summed E-state index contributed by atoms with van der Waals surface area (Å²) in [5.74, 6) is -1.69. The van der Waals surface area contributed by atoms with Gasteiger partial charge in [-0.1, -0.05) is 11.6 Å². The summed E-state index contributed by atoms with van der Waals surface area (Å²) in [6.45, 7) is -0.426. The number of β-amino-alcohol motifs (C(OH)–C–C–N with tert-alkyl or cyclic N) is 1. The van der Waals surface area contributed by atoms with Gasteiger partial charge in [-0.3, -0.25) is 14.5 Å². The molecule has 1 heterocycles. The first-order valence-electron chi connectivity index (χ1n) is 5.54. The first kappa shape index (κ1) is 15.0. The topological polar surface area (TPSA) is 69.6 Å². The number of halogens is 3. The van der Waals surface area contributed by atoms with Crippen molar-refractivity contribution in [2.45, 2.75) is 0 Å². The van der Waals surface area contributed by atoms with Gasteiger partial charge in [0.25, 0.3) is 11.8 Å². The lowest BCUT2D eigenvalue weighted by Gasteiger charge is -2.14. The Morgan fingerprint density at radius 3 is 2.75 bits per heavy atom. The Hall–Kier alpha value is -1.44. The van der Waals surface area contributed by atoms with Crippen molar-refractivity contribution in [2.75, 3.05) is 18.5 Å². The molecule has 2 N–H and O–H groups in total. The third-order valence-electron chi connectivity index (χ3n) is 2.60. The maximum absolute atomic E-state index is 13.3. The molecule has 0 atom stereocenters. The van der Waals surface area contributed by atoms with Crippen LogP contribution in [0.4, 0.5) is 10.1 Å². The van der Waals surface area contributed by atoms with Crippen LogP contribution in [0, 0.1) is 5.82 Å². The molecule has 5 nitrogen and oxygen atoms in total. The van der Waals surface area contributed by atoms with E-state index in [0.717, 1.165) is 17.0 Å². The first-order valence-corrected chi connectivity index (χ1v) is 6.71.